The number of likely N-dealkylation sites (N-methyl/N-ethyl adjacent to an activating group) is 1. The van der Waals surface area contributed by atoms with Crippen LogP contribution in [0.4, 0.5) is 0 Å². The van der Waals surface area contributed by atoms with Crippen molar-refractivity contribution in [2.45, 2.75) is 18.4 Å². The summed E-state index contributed by atoms with van der Waals surface area (Å²) in [5, 5.41) is 0. The third-order valence-electron chi connectivity index (χ3n) is 2.04. The van der Waals surface area contributed by atoms with E-state index in [-0.39, 0.29) is 18.5 Å². The van der Waals surface area contributed by atoms with E-state index in [0.717, 1.165) is 6.41 Å². The van der Waals surface area contributed by atoms with Crippen LogP contribution >= 0.6 is 24.4 Å². The lowest BCUT2D eigenvalue weighted by Crippen LogP contribution is -2.38. The van der Waals surface area contributed by atoms with Crippen molar-refractivity contribution in [1.29, 1.82) is 0 Å². The summed E-state index contributed by atoms with van der Waals surface area (Å²) in [4.78, 5) is 24.0. The highest BCUT2D eigenvalue weighted by Crippen LogP contribution is 2.25. The topological polar surface area (TPSA) is 59.1 Å². The summed E-state index contributed by atoms with van der Waals surface area (Å²) in [7, 11) is 6.52. The Labute approximate surface area is 132 Å². The Balaban J connectivity index is 0. The number of amides is 2. The number of rotatable bonds is 3. The van der Waals surface area contributed by atoms with Gasteiger partial charge in [0.15, 0.2) is 6.10 Å². The molecule has 6 nitrogen and oxygen atoms in total. The first-order valence-corrected chi connectivity index (χ1v) is 8.13. The van der Waals surface area contributed by atoms with Crippen LogP contribution in [0.15, 0.2) is 0 Å². The molecule has 0 saturated carbocycles. The summed E-state index contributed by atoms with van der Waals surface area (Å²) in [6.07, 6.45) is 3.89. The molecule has 1 aliphatic heterocycles. The average Bonchev–Trinajstić information content (AvgIpc) is 2.81. The zero-order valence-electron chi connectivity index (χ0n) is 13.2. The molecule has 9 heteroatoms. The second-order valence-corrected chi connectivity index (χ2v) is 5.10. The molecule has 0 aromatic heterocycles. The lowest BCUT2D eigenvalue weighted by Gasteiger charge is -2.19. The number of thioether (sulfide) groups is 1. The van der Waals surface area contributed by atoms with Gasteiger partial charge in [-0.05, 0) is 19.3 Å². The summed E-state index contributed by atoms with van der Waals surface area (Å²) in [5.74, 6) is -0.0382. The molecule has 2 amide bonds. The smallest absolute Gasteiger partial charge is 0.397 e. The molecule has 0 radical (unpaired) electrons. The van der Waals surface area contributed by atoms with Gasteiger partial charge < -0.3 is 19.1 Å². The van der Waals surface area contributed by atoms with Gasteiger partial charge in [0, 0.05) is 28.2 Å². The van der Waals surface area contributed by atoms with Crippen LogP contribution in [0.3, 0.4) is 0 Å². The summed E-state index contributed by atoms with van der Waals surface area (Å²) in [5.41, 5.74) is -0.176. The van der Waals surface area contributed by atoms with Crippen LogP contribution < -0.4 is 0 Å². The van der Waals surface area contributed by atoms with E-state index in [1.165, 1.54) is 21.6 Å². The van der Waals surface area contributed by atoms with Crippen molar-refractivity contribution in [3.05, 3.63) is 0 Å². The maximum absolute atomic E-state index is 11.6. The second kappa shape index (κ2) is 12.4. The molecular formula is C11H25BN2O4S2. The van der Waals surface area contributed by atoms with Crippen LogP contribution in [0.25, 0.3) is 0 Å². The Hall–Kier alpha value is -0.375. The highest BCUT2D eigenvalue weighted by molar-refractivity contribution is 7.99. The summed E-state index contributed by atoms with van der Waals surface area (Å²) in [6.45, 7) is 1.80. The lowest BCUT2D eigenvalue weighted by molar-refractivity contribution is -0.135. The number of hydrogen-bond acceptors (Lipinski definition) is 6. The van der Waals surface area contributed by atoms with Crippen LogP contribution in [0.1, 0.15) is 0 Å². The highest BCUT2D eigenvalue weighted by Gasteiger charge is 2.41. The molecule has 2 unspecified atom stereocenters. The number of carbonyl (C=O) groups excluding carboxylic acids is 2. The number of nitrogens with zero attached hydrogens (tertiary/aromatic N) is 2. The van der Waals surface area contributed by atoms with E-state index in [0.29, 0.717) is 0 Å². The van der Waals surface area contributed by atoms with Crippen molar-refractivity contribution in [2.75, 3.05) is 40.7 Å². The van der Waals surface area contributed by atoms with E-state index in [1.807, 2.05) is 6.26 Å². The second-order valence-electron chi connectivity index (χ2n) is 4.17. The fourth-order valence-corrected chi connectivity index (χ4v) is 1.87. The fraction of sp³-hybridized carbons (Fsp3) is 0.818. The molecule has 0 aromatic rings. The van der Waals surface area contributed by atoms with Crippen molar-refractivity contribution in [1.82, 2.24) is 9.80 Å². The molecule has 0 N–H and O–H groups in total. The van der Waals surface area contributed by atoms with Crippen LogP contribution in [-0.2, 0) is 18.9 Å². The van der Waals surface area contributed by atoms with Gasteiger partial charge in [0.25, 0.3) is 5.91 Å². The molecule has 20 heavy (non-hydrogen) atoms. The van der Waals surface area contributed by atoms with Crippen molar-refractivity contribution < 1.29 is 18.9 Å². The molecule has 1 heterocycles. The first-order chi connectivity index (χ1) is 9.33. The van der Waals surface area contributed by atoms with Gasteiger partial charge in [-0.15, -0.1) is 11.8 Å². The van der Waals surface area contributed by atoms with Gasteiger partial charge in [-0.1, -0.05) is 0 Å². The minimum atomic E-state index is -0.458. The molecule has 118 valence electrons. The standard InChI is InChI=1S/C7H14BNO3S.C3H7NO.CH4S/c1-8-11-5(6(10)9(2)3)7(12-8)13-4;1-4(2)3-5;1-2/h5,7H,1-4H3;3H,1-2H3;2H,1H3. The Bertz CT molecular complexity index is 283. The minimum Gasteiger partial charge on any atom is -0.397 e. The number of thiol groups is 1. The monoisotopic (exact) mass is 324 g/mol. The van der Waals surface area contributed by atoms with E-state index >= 15 is 0 Å². The van der Waals surface area contributed by atoms with Crippen molar-refractivity contribution in [3.8, 4) is 0 Å². The van der Waals surface area contributed by atoms with Gasteiger partial charge in [-0.2, -0.15) is 12.6 Å². The summed E-state index contributed by atoms with van der Waals surface area (Å²) >= 11 is 5.02. The Kier molecular flexibility index (Phi) is 13.6. The molecule has 0 spiro atoms. The van der Waals surface area contributed by atoms with Gasteiger partial charge in [0.05, 0.1) is 0 Å². The maximum atomic E-state index is 11.6. The predicted octanol–water partition coefficient (Wildman–Crippen LogP) is 0.548. The molecule has 0 aromatic carbocycles. The highest BCUT2D eigenvalue weighted by atomic mass is 32.2. The number of hydrogen-bond donors (Lipinski definition) is 1. The predicted molar refractivity (Wildman–Crippen MR) is 88.2 cm³/mol. The quantitative estimate of drug-likeness (QED) is 0.467. The number of carbonyl (C=O) groups is 2. The van der Waals surface area contributed by atoms with Gasteiger partial charge in [0.2, 0.25) is 6.41 Å². The van der Waals surface area contributed by atoms with Gasteiger partial charge in [-0.25, -0.2) is 0 Å². The van der Waals surface area contributed by atoms with Crippen LogP contribution in [0.2, 0.25) is 6.82 Å². The molecular weight excluding hydrogens is 299 g/mol. The van der Waals surface area contributed by atoms with Gasteiger partial charge >= 0.3 is 7.12 Å². The minimum absolute atomic E-state index is 0.0382. The van der Waals surface area contributed by atoms with Crippen LogP contribution in [-0.4, -0.2) is 81.5 Å². The van der Waals surface area contributed by atoms with Gasteiger partial charge in [-0.3, -0.25) is 9.59 Å². The third kappa shape index (κ3) is 8.73. The largest absolute Gasteiger partial charge is 0.455 e. The van der Waals surface area contributed by atoms with E-state index in [2.05, 4.69) is 12.6 Å². The first-order valence-electron chi connectivity index (χ1n) is 5.94. The van der Waals surface area contributed by atoms with Crippen molar-refractivity contribution in [3.63, 3.8) is 0 Å². The molecule has 1 rings (SSSR count). The Morgan fingerprint density at radius 1 is 1.25 bits per heavy atom. The average molecular weight is 324 g/mol. The maximum Gasteiger partial charge on any atom is 0.455 e. The molecule has 1 fully saturated rings. The molecule has 2 atom stereocenters. The zero-order chi connectivity index (χ0) is 16.3. The lowest BCUT2D eigenvalue weighted by atomic mass is 9.97. The van der Waals surface area contributed by atoms with E-state index in [4.69, 9.17) is 9.31 Å². The fourth-order valence-electron chi connectivity index (χ4n) is 1.17. The molecule has 0 aliphatic carbocycles. The normalized spacial score (nSPS) is 20.1. The summed E-state index contributed by atoms with van der Waals surface area (Å²) in [6, 6.07) is 0. The molecule has 1 saturated heterocycles. The van der Waals surface area contributed by atoms with Crippen molar-refractivity contribution in [2.24, 2.45) is 0 Å². The SMILES string of the molecule is CN(C)C=O.CS.CSC1OB(C)OC1C(=O)N(C)C. The van der Waals surface area contributed by atoms with E-state index in [1.54, 1.807) is 41.3 Å². The first kappa shape index (κ1) is 21.9. The van der Waals surface area contributed by atoms with E-state index in [9.17, 15) is 9.59 Å². The summed E-state index contributed by atoms with van der Waals surface area (Å²) < 4.78 is 10.7. The van der Waals surface area contributed by atoms with Crippen molar-refractivity contribution >= 4 is 43.8 Å². The Morgan fingerprint density at radius 2 is 1.70 bits per heavy atom. The molecule has 0 bridgehead atoms. The third-order valence-corrected chi connectivity index (χ3v) is 2.86. The Morgan fingerprint density at radius 3 is 2.00 bits per heavy atom. The van der Waals surface area contributed by atoms with Gasteiger partial charge in [0.1, 0.15) is 5.44 Å². The van der Waals surface area contributed by atoms with Crippen LogP contribution in [0, 0.1) is 0 Å². The molecule has 1 aliphatic rings. The van der Waals surface area contributed by atoms with Crippen LogP contribution in [0.5, 0.6) is 0 Å². The van der Waals surface area contributed by atoms with E-state index < -0.39 is 6.10 Å². The zero-order valence-corrected chi connectivity index (χ0v) is 14.9.